The number of benzene rings is 2. The molecule has 0 bridgehead atoms. The van der Waals surface area contributed by atoms with Crippen LogP contribution in [0.5, 0.6) is 0 Å². The number of carbonyl (C=O) groups excluding carboxylic acids is 1. The molecule has 0 saturated heterocycles. The summed E-state index contributed by atoms with van der Waals surface area (Å²) in [6, 6.07) is 14.9. The Bertz CT molecular complexity index is 830. The molecule has 2 aromatic rings. The molecule has 3 rings (SSSR count). The first kappa shape index (κ1) is 21.8. The van der Waals surface area contributed by atoms with Crippen molar-refractivity contribution in [2.24, 2.45) is 0 Å². The third-order valence-electron chi connectivity index (χ3n) is 5.13. The molecule has 0 spiro atoms. The summed E-state index contributed by atoms with van der Waals surface area (Å²) in [5.74, 6) is -0.0850. The zero-order valence-electron chi connectivity index (χ0n) is 17.3. The molecule has 4 nitrogen and oxygen atoms in total. The molecule has 152 valence electrons. The number of anilines is 1. The maximum atomic E-state index is 11.4. The second-order valence-electron chi connectivity index (χ2n) is 7.30. The minimum atomic E-state index is -0.0850. The van der Waals surface area contributed by atoms with Crippen LogP contribution in [0.2, 0.25) is 0 Å². The van der Waals surface area contributed by atoms with E-state index in [4.69, 9.17) is 12.6 Å². The third-order valence-corrected chi connectivity index (χ3v) is 6.15. The van der Waals surface area contributed by atoms with Crippen molar-refractivity contribution in [3.63, 3.8) is 0 Å². The number of esters is 1. The van der Waals surface area contributed by atoms with Crippen LogP contribution in [0.1, 0.15) is 56.2 Å². The Kier molecular flexibility index (Phi) is 8.07. The lowest BCUT2D eigenvalue weighted by molar-refractivity contribution is -0.143. The fraction of sp³-hybridized carbons (Fsp3) is 0.435. The molecule has 0 aromatic heterocycles. The van der Waals surface area contributed by atoms with E-state index in [1.807, 2.05) is 13.0 Å². The quantitative estimate of drug-likeness (QED) is 0.293. The number of rotatable bonds is 9. The van der Waals surface area contributed by atoms with E-state index in [0.29, 0.717) is 13.0 Å². The summed E-state index contributed by atoms with van der Waals surface area (Å²) in [6.07, 6.45) is 4.65. The van der Waals surface area contributed by atoms with E-state index in [1.54, 1.807) is 11.9 Å². The lowest BCUT2D eigenvalue weighted by Gasteiger charge is -2.22. The van der Waals surface area contributed by atoms with Crippen molar-refractivity contribution in [3.05, 3.63) is 53.6 Å². The van der Waals surface area contributed by atoms with Crippen LogP contribution in [0, 0.1) is 0 Å². The first-order valence-corrected chi connectivity index (χ1v) is 11.2. The molecular formula is C23H29BN2O2S. The third kappa shape index (κ3) is 5.80. The predicted octanol–water partition coefficient (Wildman–Crippen LogP) is 4.13. The Balaban J connectivity index is 1.61. The fourth-order valence-electron chi connectivity index (χ4n) is 3.70. The van der Waals surface area contributed by atoms with Crippen LogP contribution < -0.4 is 15.1 Å². The van der Waals surface area contributed by atoms with Gasteiger partial charge in [-0.3, -0.25) is 4.79 Å². The standard InChI is InChI=1S/C23H29BN2O2S/c1-3-28-22(27)12-6-4-5-9-15-25-23-18-10-7-8-11-20(18)26(2)29-21-16-17(24)13-14-19(21)23/h7-8,10-11,13-14,16,23,25H,3-6,9,12,15H2,1-2H3. The lowest BCUT2D eigenvalue weighted by atomic mass is 9.91. The molecule has 29 heavy (non-hydrogen) atoms. The van der Waals surface area contributed by atoms with Gasteiger partial charge in [-0.1, -0.05) is 54.7 Å². The van der Waals surface area contributed by atoms with E-state index >= 15 is 0 Å². The summed E-state index contributed by atoms with van der Waals surface area (Å²) in [5.41, 5.74) is 4.56. The summed E-state index contributed by atoms with van der Waals surface area (Å²) >= 11 is 1.72. The molecule has 1 aliphatic heterocycles. The summed E-state index contributed by atoms with van der Waals surface area (Å²) in [4.78, 5) is 12.6. The molecule has 1 aliphatic rings. The molecule has 0 aliphatic carbocycles. The predicted molar refractivity (Wildman–Crippen MR) is 122 cm³/mol. The van der Waals surface area contributed by atoms with E-state index < -0.39 is 0 Å². The first-order chi connectivity index (χ1) is 14.1. The van der Waals surface area contributed by atoms with Crippen molar-refractivity contribution in [1.29, 1.82) is 0 Å². The maximum absolute atomic E-state index is 11.4. The Morgan fingerprint density at radius 3 is 2.76 bits per heavy atom. The molecule has 6 heteroatoms. The van der Waals surface area contributed by atoms with Gasteiger partial charge in [-0.2, -0.15) is 0 Å². The van der Waals surface area contributed by atoms with Crippen molar-refractivity contribution in [2.45, 2.75) is 50.0 Å². The van der Waals surface area contributed by atoms with Gasteiger partial charge >= 0.3 is 5.97 Å². The smallest absolute Gasteiger partial charge is 0.305 e. The number of nitrogens with zero attached hydrogens (tertiary/aromatic N) is 1. The van der Waals surface area contributed by atoms with Gasteiger partial charge in [0.25, 0.3) is 0 Å². The minimum Gasteiger partial charge on any atom is -0.466 e. The van der Waals surface area contributed by atoms with E-state index in [0.717, 1.165) is 37.7 Å². The summed E-state index contributed by atoms with van der Waals surface area (Å²) < 4.78 is 7.19. The fourth-order valence-corrected chi connectivity index (χ4v) is 4.74. The van der Waals surface area contributed by atoms with Crippen molar-refractivity contribution >= 4 is 36.9 Å². The van der Waals surface area contributed by atoms with Crippen LogP contribution in [0.4, 0.5) is 5.69 Å². The van der Waals surface area contributed by atoms with Gasteiger partial charge < -0.3 is 14.4 Å². The van der Waals surface area contributed by atoms with Gasteiger partial charge in [-0.15, -0.1) is 0 Å². The Labute approximate surface area is 179 Å². The number of unbranched alkanes of at least 4 members (excludes halogenated alkanes) is 3. The van der Waals surface area contributed by atoms with Crippen LogP contribution in [0.15, 0.2) is 47.4 Å². The monoisotopic (exact) mass is 408 g/mol. The molecule has 0 amide bonds. The Hall–Kier alpha value is -1.92. The van der Waals surface area contributed by atoms with Crippen molar-refractivity contribution in [2.75, 3.05) is 24.5 Å². The summed E-state index contributed by atoms with van der Waals surface area (Å²) in [5, 5.41) is 3.76. The van der Waals surface area contributed by atoms with E-state index in [9.17, 15) is 4.79 Å². The average molecular weight is 408 g/mol. The van der Waals surface area contributed by atoms with Gasteiger partial charge in [0.05, 0.1) is 18.3 Å². The van der Waals surface area contributed by atoms with Crippen LogP contribution in [0.25, 0.3) is 0 Å². The Morgan fingerprint density at radius 1 is 1.14 bits per heavy atom. The number of hydrogen-bond donors (Lipinski definition) is 1. The zero-order chi connectivity index (χ0) is 20.6. The largest absolute Gasteiger partial charge is 0.466 e. The zero-order valence-corrected chi connectivity index (χ0v) is 18.1. The second kappa shape index (κ2) is 10.7. The number of hydrogen-bond acceptors (Lipinski definition) is 5. The van der Waals surface area contributed by atoms with Crippen molar-refractivity contribution < 1.29 is 9.53 Å². The topological polar surface area (TPSA) is 41.6 Å². The molecule has 2 radical (unpaired) electrons. The van der Waals surface area contributed by atoms with Gasteiger partial charge in [0, 0.05) is 18.4 Å². The highest BCUT2D eigenvalue weighted by molar-refractivity contribution is 8.00. The second-order valence-corrected chi connectivity index (χ2v) is 8.47. The SMILES string of the molecule is [B]c1ccc2c(c1)SN(C)c1ccccc1C2NCCCCCCC(=O)OCC. The van der Waals surface area contributed by atoms with Gasteiger partial charge in [-0.05, 0) is 55.5 Å². The molecule has 0 fully saturated rings. The van der Waals surface area contributed by atoms with Crippen LogP contribution >= 0.6 is 11.9 Å². The summed E-state index contributed by atoms with van der Waals surface area (Å²) in [7, 11) is 8.15. The summed E-state index contributed by atoms with van der Waals surface area (Å²) in [6.45, 7) is 3.24. The van der Waals surface area contributed by atoms with Crippen molar-refractivity contribution in [1.82, 2.24) is 5.32 Å². The number of nitrogens with one attached hydrogen (secondary N) is 1. The maximum Gasteiger partial charge on any atom is 0.305 e. The van der Waals surface area contributed by atoms with Gasteiger partial charge in [-0.25, -0.2) is 0 Å². The molecule has 1 unspecified atom stereocenters. The normalized spacial score (nSPS) is 15.4. The lowest BCUT2D eigenvalue weighted by Crippen LogP contribution is -2.24. The number of ether oxygens (including phenoxy) is 1. The number of fused-ring (bicyclic) bond motifs is 2. The molecule has 1 heterocycles. The van der Waals surface area contributed by atoms with E-state index in [1.165, 1.54) is 21.7 Å². The molecule has 2 aromatic carbocycles. The van der Waals surface area contributed by atoms with Crippen molar-refractivity contribution in [3.8, 4) is 0 Å². The van der Waals surface area contributed by atoms with Gasteiger partial charge in [0.1, 0.15) is 7.85 Å². The minimum absolute atomic E-state index is 0.0850. The molecule has 1 N–H and O–H groups in total. The van der Waals surface area contributed by atoms with Gasteiger partial charge in [0.15, 0.2) is 0 Å². The highest BCUT2D eigenvalue weighted by atomic mass is 32.2. The number of para-hydroxylation sites is 1. The van der Waals surface area contributed by atoms with Crippen LogP contribution in [0.3, 0.4) is 0 Å². The van der Waals surface area contributed by atoms with E-state index in [2.05, 4.69) is 53.1 Å². The number of carbonyl (C=O) groups is 1. The van der Waals surface area contributed by atoms with E-state index in [-0.39, 0.29) is 12.0 Å². The highest BCUT2D eigenvalue weighted by Gasteiger charge is 2.25. The highest BCUT2D eigenvalue weighted by Crippen LogP contribution is 2.42. The molecule has 1 atom stereocenters. The molecule has 0 saturated carbocycles. The molecular weight excluding hydrogens is 379 g/mol. The van der Waals surface area contributed by atoms with Crippen LogP contribution in [-0.4, -0.2) is 34.0 Å². The first-order valence-electron chi connectivity index (χ1n) is 10.4. The van der Waals surface area contributed by atoms with Gasteiger partial charge in [0.2, 0.25) is 0 Å². The average Bonchev–Trinajstić information content (AvgIpc) is 2.82. The van der Waals surface area contributed by atoms with Crippen LogP contribution in [-0.2, 0) is 9.53 Å². The Morgan fingerprint density at radius 2 is 1.93 bits per heavy atom.